The lowest BCUT2D eigenvalue weighted by molar-refractivity contribution is -0.115. The smallest absolute Gasteiger partial charge is 0.228 e. The molecule has 1 atom stereocenters. The van der Waals surface area contributed by atoms with Crippen LogP contribution >= 0.6 is 0 Å². The Hall–Kier alpha value is -1.75. The maximum absolute atomic E-state index is 11.5. The molecule has 2 saturated heterocycles. The lowest BCUT2D eigenvalue weighted by atomic mass is 9.98. The van der Waals surface area contributed by atoms with Crippen LogP contribution in [0.2, 0.25) is 0 Å². The van der Waals surface area contributed by atoms with Gasteiger partial charge in [0, 0.05) is 31.4 Å². The Morgan fingerprint density at radius 2 is 2.10 bits per heavy atom. The van der Waals surface area contributed by atoms with Crippen molar-refractivity contribution >= 4 is 23.0 Å². The van der Waals surface area contributed by atoms with Crippen LogP contribution < -0.4 is 16.0 Å². The number of nitrogens with zero attached hydrogens (tertiary/aromatic N) is 2. The van der Waals surface area contributed by atoms with Crippen molar-refractivity contribution < 1.29 is 4.79 Å². The minimum absolute atomic E-state index is 0.0682. The molecule has 5 nitrogen and oxygen atoms in total. The zero-order valence-corrected chi connectivity index (χ0v) is 12.3. The number of piperazine rings is 1. The van der Waals surface area contributed by atoms with Crippen LogP contribution in [0.5, 0.6) is 0 Å². The number of fused-ring (bicyclic) bond motifs is 2. The highest BCUT2D eigenvalue weighted by molar-refractivity contribution is 6.00. The highest BCUT2D eigenvalue weighted by Crippen LogP contribution is 2.35. The van der Waals surface area contributed by atoms with Crippen LogP contribution in [0.4, 0.5) is 17.1 Å². The molecular formula is C16H22N4O. The first-order chi connectivity index (χ1) is 10.2. The molecule has 0 saturated carbocycles. The third-order valence-corrected chi connectivity index (χ3v) is 5.06. The molecular weight excluding hydrogens is 264 g/mol. The van der Waals surface area contributed by atoms with Crippen molar-refractivity contribution in [2.75, 3.05) is 42.1 Å². The summed E-state index contributed by atoms with van der Waals surface area (Å²) in [6, 6.07) is 4.69. The molecule has 1 aromatic carbocycles. The summed E-state index contributed by atoms with van der Waals surface area (Å²) < 4.78 is 0. The number of rotatable bonds is 1. The number of carbonyl (C=O) groups excluding carboxylic acids is 1. The predicted molar refractivity (Wildman–Crippen MR) is 84.6 cm³/mol. The molecule has 1 aromatic rings. The Morgan fingerprint density at radius 1 is 1.19 bits per heavy atom. The van der Waals surface area contributed by atoms with Crippen LogP contribution in [0.3, 0.4) is 0 Å². The summed E-state index contributed by atoms with van der Waals surface area (Å²) in [6.45, 7) is 4.44. The van der Waals surface area contributed by atoms with Crippen molar-refractivity contribution in [1.82, 2.24) is 4.90 Å². The zero-order valence-electron chi connectivity index (χ0n) is 12.3. The monoisotopic (exact) mass is 286 g/mol. The Balaban J connectivity index is 1.59. The summed E-state index contributed by atoms with van der Waals surface area (Å²) in [5.74, 6) is 0.0682. The predicted octanol–water partition coefficient (Wildman–Crippen LogP) is 1.44. The molecule has 0 radical (unpaired) electrons. The Kier molecular flexibility index (Phi) is 3.03. The fourth-order valence-electron chi connectivity index (χ4n) is 3.93. The van der Waals surface area contributed by atoms with E-state index in [0.717, 1.165) is 42.3 Å². The molecule has 0 spiro atoms. The molecule has 2 fully saturated rings. The Labute approximate surface area is 125 Å². The van der Waals surface area contributed by atoms with Gasteiger partial charge in [-0.3, -0.25) is 9.69 Å². The molecule has 0 bridgehead atoms. The van der Waals surface area contributed by atoms with Gasteiger partial charge in [-0.2, -0.15) is 0 Å². The summed E-state index contributed by atoms with van der Waals surface area (Å²) in [5, 5.41) is 2.93. The molecule has 0 aromatic heterocycles. The average molecular weight is 286 g/mol. The number of hydrogen-bond acceptors (Lipinski definition) is 4. The summed E-state index contributed by atoms with van der Waals surface area (Å²) >= 11 is 0. The van der Waals surface area contributed by atoms with Gasteiger partial charge in [0.1, 0.15) is 0 Å². The van der Waals surface area contributed by atoms with E-state index in [9.17, 15) is 4.79 Å². The summed E-state index contributed by atoms with van der Waals surface area (Å²) in [4.78, 5) is 16.5. The van der Waals surface area contributed by atoms with Crippen LogP contribution in [0, 0.1) is 0 Å². The van der Waals surface area contributed by atoms with Crippen molar-refractivity contribution in [3.8, 4) is 0 Å². The number of nitrogens with two attached hydrogens (primary N) is 1. The van der Waals surface area contributed by atoms with E-state index in [0.29, 0.717) is 12.5 Å². The zero-order chi connectivity index (χ0) is 14.4. The van der Waals surface area contributed by atoms with E-state index < -0.39 is 0 Å². The van der Waals surface area contributed by atoms with Gasteiger partial charge < -0.3 is 16.0 Å². The largest absolute Gasteiger partial charge is 0.397 e. The number of benzene rings is 1. The van der Waals surface area contributed by atoms with Gasteiger partial charge in [0.05, 0.1) is 17.8 Å². The molecule has 3 heterocycles. The van der Waals surface area contributed by atoms with Gasteiger partial charge in [-0.05, 0) is 37.1 Å². The van der Waals surface area contributed by atoms with Crippen LogP contribution in [0.1, 0.15) is 24.8 Å². The Bertz CT molecular complexity index is 586. The molecule has 3 aliphatic rings. The minimum atomic E-state index is 0.0682. The third kappa shape index (κ3) is 2.25. The van der Waals surface area contributed by atoms with Gasteiger partial charge in [0.2, 0.25) is 5.91 Å². The summed E-state index contributed by atoms with van der Waals surface area (Å²) in [5.41, 5.74) is 10.1. The first-order valence-electron chi connectivity index (χ1n) is 7.92. The van der Waals surface area contributed by atoms with Crippen LogP contribution in [-0.2, 0) is 11.2 Å². The highest BCUT2D eigenvalue weighted by Gasteiger charge is 2.30. The molecule has 0 aliphatic carbocycles. The van der Waals surface area contributed by atoms with E-state index in [1.807, 2.05) is 6.07 Å². The molecule has 21 heavy (non-hydrogen) atoms. The third-order valence-electron chi connectivity index (χ3n) is 5.06. The van der Waals surface area contributed by atoms with Crippen molar-refractivity contribution in [2.24, 2.45) is 0 Å². The van der Waals surface area contributed by atoms with Crippen molar-refractivity contribution in [3.63, 3.8) is 0 Å². The van der Waals surface area contributed by atoms with E-state index in [2.05, 4.69) is 21.2 Å². The van der Waals surface area contributed by atoms with E-state index in [-0.39, 0.29) is 5.91 Å². The normalized spacial score (nSPS) is 25.4. The maximum atomic E-state index is 11.5. The molecule has 3 aliphatic heterocycles. The van der Waals surface area contributed by atoms with Crippen molar-refractivity contribution in [3.05, 3.63) is 17.7 Å². The van der Waals surface area contributed by atoms with E-state index in [1.54, 1.807) is 0 Å². The SMILES string of the molecule is Nc1cc2c(cc1N1CCN3CCCCC3C1)NC(=O)C2. The van der Waals surface area contributed by atoms with E-state index in [4.69, 9.17) is 5.73 Å². The second kappa shape index (κ2) is 4.91. The fourth-order valence-corrected chi connectivity index (χ4v) is 3.93. The number of nitrogens with one attached hydrogen (secondary N) is 1. The van der Waals surface area contributed by atoms with Gasteiger partial charge in [-0.1, -0.05) is 6.42 Å². The number of nitrogen functional groups attached to an aromatic ring is 1. The summed E-state index contributed by atoms with van der Waals surface area (Å²) in [7, 11) is 0. The van der Waals surface area contributed by atoms with Gasteiger partial charge in [0.15, 0.2) is 0 Å². The van der Waals surface area contributed by atoms with Crippen LogP contribution in [0.25, 0.3) is 0 Å². The van der Waals surface area contributed by atoms with Crippen molar-refractivity contribution in [1.29, 1.82) is 0 Å². The van der Waals surface area contributed by atoms with Gasteiger partial charge in [-0.25, -0.2) is 0 Å². The number of hydrogen-bond donors (Lipinski definition) is 2. The van der Waals surface area contributed by atoms with Gasteiger partial charge >= 0.3 is 0 Å². The van der Waals surface area contributed by atoms with E-state index in [1.165, 1.54) is 25.8 Å². The second-order valence-electron chi connectivity index (χ2n) is 6.42. The second-order valence-corrected chi connectivity index (χ2v) is 6.42. The standard InChI is InChI=1S/C16H22N4O/c17-13-7-11-8-16(21)18-14(11)9-15(13)20-6-5-19-4-2-1-3-12(19)10-20/h7,9,12H,1-6,8,10,17H2,(H,18,21). The Morgan fingerprint density at radius 3 is 3.00 bits per heavy atom. The van der Waals surface area contributed by atoms with Crippen molar-refractivity contribution in [2.45, 2.75) is 31.7 Å². The lowest BCUT2D eigenvalue weighted by Crippen LogP contribution is -2.55. The quantitative estimate of drug-likeness (QED) is 0.767. The molecule has 5 heteroatoms. The van der Waals surface area contributed by atoms with E-state index >= 15 is 0 Å². The van der Waals surface area contributed by atoms with Gasteiger partial charge in [0.25, 0.3) is 0 Å². The topological polar surface area (TPSA) is 61.6 Å². The molecule has 4 rings (SSSR count). The molecule has 1 amide bonds. The number of amides is 1. The van der Waals surface area contributed by atoms with Gasteiger partial charge in [-0.15, -0.1) is 0 Å². The highest BCUT2D eigenvalue weighted by atomic mass is 16.1. The molecule has 112 valence electrons. The maximum Gasteiger partial charge on any atom is 0.228 e. The average Bonchev–Trinajstić information content (AvgIpc) is 2.85. The lowest BCUT2D eigenvalue weighted by Gasteiger charge is -2.45. The van der Waals surface area contributed by atoms with Crippen LogP contribution in [-0.4, -0.2) is 43.0 Å². The summed E-state index contributed by atoms with van der Waals surface area (Å²) in [6.07, 6.45) is 4.42. The number of piperidine rings is 1. The first kappa shape index (κ1) is 13.0. The van der Waals surface area contributed by atoms with Crippen LogP contribution in [0.15, 0.2) is 12.1 Å². The first-order valence-corrected chi connectivity index (χ1v) is 7.92. The fraction of sp³-hybridized carbons (Fsp3) is 0.562. The molecule has 3 N–H and O–H groups in total. The molecule has 1 unspecified atom stereocenters. The number of carbonyl (C=O) groups is 1. The minimum Gasteiger partial charge on any atom is -0.397 e. The number of anilines is 3.